The SMILES string of the molecule is Cc1cc(C(=O)N2CCC(CO)CC2)c(C)n1Cc1ccccc1. The predicted molar refractivity (Wildman–Crippen MR) is 95.2 cm³/mol. The van der Waals surface area contributed by atoms with Gasteiger partial charge in [0.2, 0.25) is 0 Å². The molecule has 1 fully saturated rings. The van der Waals surface area contributed by atoms with E-state index in [-0.39, 0.29) is 12.5 Å². The third kappa shape index (κ3) is 3.39. The zero-order valence-corrected chi connectivity index (χ0v) is 14.5. The van der Waals surface area contributed by atoms with Crippen LogP contribution in [0.15, 0.2) is 36.4 Å². The van der Waals surface area contributed by atoms with Gasteiger partial charge in [-0.2, -0.15) is 0 Å². The van der Waals surface area contributed by atoms with Crippen LogP contribution in [0.2, 0.25) is 0 Å². The number of carbonyl (C=O) groups is 1. The van der Waals surface area contributed by atoms with Gasteiger partial charge in [0.15, 0.2) is 0 Å². The number of rotatable bonds is 4. The van der Waals surface area contributed by atoms with Crippen LogP contribution in [0.4, 0.5) is 0 Å². The molecule has 4 heteroatoms. The van der Waals surface area contributed by atoms with Crippen molar-refractivity contribution < 1.29 is 9.90 Å². The monoisotopic (exact) mass is 326 g/mol. The normalized spacial score (nSPS) is 15.7. The van der Waals surface area contributed by atoms with E-state index in [1.54, 1.807) is 0 Å². The van der Waals surface area contributed by atoms with Gasteiger partial charge < -0.3 is 14.6 Å². The van der Waals surface area contributed by atoms with Crippen molar-refractivity contribution in [3.8, 4) is 0 Å². The number of aliphatic hydroxyl groups is 1. The largest absolute Gasteiger partial charge is 0.396 e. The number of aromatic nitrogens is 1. The molecule has 3 rings (SSSR count). The molecule has 0 radical (unpaired) electrons. The van der Waals surface area contributed by atoms with Gasteiger partial charge in [0.25, 0.3) is 5.91 Å². The number of amides is 1. The Balaban J connectivity index is 1.77. The first-order chi connectivity index (χ1) is 11.6. The van der Waals surface area contributed by atoms with Crippen LogP contribution < -0.4 is 0 Å². The van der Waals surface area contributed by atoms with E-state index in [1.165, 1.54) is 5.56 Å². The topological polar surface area (TPSA) is 45.5 Å². The summed E-state index contributed by atoms with van der Waals surface area (Å²) < 4.78 is 2.21. The molecule has 0 unspecified atom stereocenters. The first-order valence-corrected chi connectivity index (χ1v) is 8.71. The van der Waals surface area contributed by atoms with E-state index in [1.807, 2.05) is 36.1 Å². The van der Waals surface area contributed by atoms with Crippen molar-refractivity contribution in [2.24, 2.45) is 5.92 Å². The zero-order chi connectivity index (χ0) is 17.1. The molecule has 2 heterocycles. The fraction of sp³-hybridized carbons (Fsp3) is 0.450. The van der Waals surface area contributed by atoms with E-state index >= 15 is 0 Å². The molecule has 0 saturated carbocycles. The van der Waals surface area contributed by atoms with Crippen LogP contribution in [0.3, 0.4) is 0 Å². The molecule has 1 aromatic heterocycles. The number of likely N-dealkylation sites (tertiary alicyclic amines) is 1. The predicted octanol–water partition coefficient (Wildman–Crippen LogP) is 3.00. The van der Waals surface area contributed by atoms with Gasteiger partial charge in [-0.15, -0.1) is 0 Å². The van der Waals surface area contributed by atoms with Crippen molar-refractivity contribution in [3.63, 3.8) is 0 Å². The van der Waals surface area contributed by atoms with Crippen molar-refractivity contribution in [3.05, 3.63) is 58.9 Å². The van der Waals surface area contributed by atoms with Gasteiger partial charge in [0, 0.05) is 37.6 Å². The van der Waals surface area contributed by atoms with Crippen LogP contribution in [-0.4, -0.2) is 40.2 Å². The molecular weight excluding hydrogens is 300 g/mol. The van der Waals surface area contributed by atoms with Crippen LogP contribution in [-0.2, 0) is 6.54 Å². The molecule has 4 nitrogen and oxygen atoms in total. The average Bonchev–Trinajstić information content (AvgIpc) is 2.90. The van der Waals surface area contributed by atoms with Gasteiger partial charge >= 0.3 is 0 Å². The van der Waals surface area contributed by atoms with E-state index in [9.17, 15) is 9.90 Å². The van der Waals surface area contributed by atoms with Gasteiger partial charge in [-0.25, -0.2) is 0 Å². The number of carbonyl (C=O) groups excluding carboxylic acids is 1. The Bertz CT molecular complexity index is 698. The summed E-state index contributed by atoms with van der Waals surface area (Å²) >= 11 is 0. The first kappa shape index (κ1) is 16.8. The van der Waals surface area contributed by atoms with Crippen LogP contribution in [0.1, 0.15) is 40.2 Å². The van der Waals surface area contributed by atoms with E-state index in [2.05, 4.69) is 23.6 Å². The van der Waals surface area contributed by atoms with Gasteiger partial charge in [-0.05, 0) is 44.2 Å². The zero-order valence-electron chi connectivity index (χ0n) is 14.5. The summed E-state index contributed by atoms with van der Waals surface area (Å²) in [6, 6.07) is 12.3. The quantitative estimate of drug-likeness (QED) is 0.939. The van der Waals surface area contributed by atoms with Gasteiger partial charge in [-0.1, -0.05) is 30.3 Å². The summed E-state index contributed by atoms with van der Waals surface area (Å²) in [5, 5.41) is 9.25. The van der Waals surface area contributed by atoms with Gasteiger partial charge in [-0.3, -0.25) is 4.79 Å². The van der Waals surface area contributed by atoms with Crippen LogP contribution in [0.5, 0.6) is 0 Å². The summed E-state index contributed by atoms with van der Waals surface area (Å²) in [7, 11) is 0. The Labute approximate surface area is 143 Å². The van der Waals surface area contributed by atoms with Crippen molar-refractivity contribution in [1.29, 1.82) is 0 Å². The molecule has 1 aliphatic rings. The number of aryl methyl sites for hydroxylation is 1. The number of nitrogens with zero attached hydrogens (tertiary/aromatic N) is 2. The highest BCUT2D eigenvalue weighted by molar-refractivity contribution is 5.95. The number of benzene rings is 1. The molecule has 128 valence electrons. The highest BCUT2D eigenvalue weighted by atomic mass is 16.3. The second-order valence-electron chi connectivity index (χ2n) is 6.77. The van der Waals surface area contributed by atoms with Crippen molar-refractivity contribution >= 4 is 5.91 Å². The van der Waals surface area contributed by atoms with Crippen LogP contribution in [0.25, 0.3) is 0 Å². The minimum Gasteiger partial charge on any atom is -0.396 e. The molecule has 2 aromatic rings. The second kappa shape index (κ2) is 7.22. The number of hydrogen-bond donors (Lipinski definition) is 1. The lowest BCUT2D eigenvalue weighted by molar-refractivity contribution is 0.0650. The maximum Gasteiger partial charge on any atom is 0.255 e. The Morgan fingerprint density at radius 3 is 2.46 bits per heavy atom. The Morgan fingerprint density at radius 1 is 1.17 bits per heavy atom. The molecule has 24 heavy (non-hydrogen) atoms. The summed E-state index contributed by atoms with van der Waals surface area (Å²) in [5.74, 6) is 0.471. The second-order valence-corrected chi connectivity index (χ2v) is 6.77. The molecule has 0 aliphatic carbocycles. The van der Waals surface area contributed by atoms with Crippen molar-refractivity contribution in [2.45, 2.75) is 33.2 Å². The standard InChI is InChI=1S/C20H26N2O2/c1-15-12-19(20(24)21-10-8-18(14-23)9-11-21)16(2)22(15)13-17-6-4-3-5-7-17/h3-7,12,18,23H,8-11,13-14H2,1-2H3. The van der Waals surface area contributed by atoms with Crippen molar-refractivity contribution in [2.75, 3.05) is 19.7 Å². The number of aliphatic hydroxyl groups excluding tert-OH is 1. The van der Waals surface area contributed by atoms with Crippen molar-refractivity contribution in [1.82, 2.24) is 9.47 Å². The fourth-order valence-corrected chi connectivity index (χ4v) is 3.52. The van der Waals surface area contributed by atoms with E-state index < -0.39 is 0 Å². The molecule has 0 spiro atoms. The molecule has 1 aliphatic heterocycles. The minimum atomic E-state index is 0.124. The van der Waals surface area contributed by atoms with E-state index in [0.717, 1.165) is 49.4 Å². The molecule has 1 saturated heterocycles. The lowest BCUT2D eigenvalue weighted by atomic mass is 9.97. The Hall–Kier alpha value is -2.07. The maximum atomic E-state index is 12.9. The average molecular weight is 326 g/mol. The minimum absolute atomic E-state index is 0.124. The molecule has 0 bridgehead atoms. The first-order valence-electron chi connectivity index (χ1n) is 8.71. The van der Waals surface area contributed by atoms with Gasteiger partial charge in [0.1, 0.15) is 0 Å². The maximum absolute atomic E-state index is 12.9. The summed E-state index contributed by atoms with van der Waals surface area (Å²) in [6.07, 6.45) is 1.79. The highest BCUT2D eigenvalue weighted by Crippen LogP contribution is 2.22. The molecule has 1 amide bonds. The number of hydrogen-bond acceptors (Lipinski definition) is 2. The highest BCUT2D eigenvalue weighted by Gasteiger charge is 2.25. The summed E-state index contributed by atoms with van der Waals surface area (Å²) in [5.41, 5.74) is 4.20. The Kier molecular flexibility index (Phi) is 5.05. The van der Waals surface area contributed by atoms with Crippen LogP contribution in [0, 0.1) is 19.8 Å². The van der Waals surface area contributed by atoms with Gasteiger partial charge in [0.05, 0.1) is 5.56 Å². The third-order valence-corrected chi connectivity index (χ3v) is 5.15. The Morgan fingerprint density at radius 2 is 1.83 bits per heavy atom. The van der Waals surface area contributed by atoms with E-state index in [0.29, 0.717) is 5.92 Å². The molecule has 1 N–H and O–H groups in total. The third-order valence-electron chi connectivity index (χ3n) is 5.15. The lowest BCUT2D eigenvalue weighted by Crippen LogP contribution is -2.39. The summed E-state index contributed by atoms with van der Waals surface area (Å²) in [4.78, 5) is 14.8. The lowest BCUT2D eigenvalue weighted by Gasteiger charge is -2.31. The molecular formula is C20H26N2O2. The smallest absolute Gasteiger partial charge is 0.255 e. The summed E-state index contributed by atoms with van der Waals surface area (Å²) in [6.45, 7) is 6.60. The number of piperidine rings is 1. The molecule has 1 aromatic carbocycles. The van der Waals surface area contributed by atoms with E-state index in [4.69, 9.17) is 0 Å². The van der Waals surface area contributed by atoms with Crippen LogP contribution >= 0.6 is 0 Å². The molecule has 0 atom stereocenters. The fourth-order valence-electron chi connectivity index (χ4n) is 3.52.